The highest BCUT2D eigenvalue weighted by atomic mass is 16.5. The minimum atomic E-state index is 0.830. The van der Waals surface area contributed by atoms with Crippen molar-refractivity contribution in [2.75, 3.05) is 7.11 Å². The summed E-state index contributed by atoms with van der Waals surface area (Å²) < 4.78 is 10.8. The molecule has 17 heavy (non-hydrogen) atoms. The van der Waals surface area contributed by atoms with Gasteiger partial charge in [-0.05, 0) is 31.2 Å². The van der Waals surface area contributed by atoms with Crippen LogP contribution in [0, 0.1) is 6.92 Å². The molecule has 0 N–H and O–H groups in total. The molecule has 0 radical (unpaired) electrons. The zero-order valence-corrected chi connectivity index (χ0v) is 11.0. The third-order valence-electron chi connectivity index (χ3n) is 2.35. The molecule has 1 aliphatic carbocycles. The molecule has 1 heterocycles. The number of allylic oxidation sites excluding steroid dienone is 5. The third kappa shape index (κ3) is 3.66. The van der Waals surface area contributed by atoms with Gasteiger partial charge in [0.2, 0.25) is 0 Å². The summed E-state index contributed by atoms with van der Waals surface area (Å²) in [6, 6.07) is 3.95. The van der Waals surface area contributed by atoms with Crippen LogP contribution in [0.3, 0.4) is 0 Å². The van der Waals surface area contributed by atoms with Gasteiger partial charge in [0.05, 0.1) is 12.9 Å². The highest BCUT2D eigenvalue weighted by Crippen LogP contribution is 2.22. The Bertz CT molecular complexity index is 434. The summed E-state index contributed by atoms with van der Waals surface area (Å²) in [4.78, 5) is 0. The lowest BCUT2D eigenvalue weighted by Gasteiger charge is -1.98. The van der Waals surface area contributed by atoms with Gasteiger partial charge in [0, 0.05) is 12.0 Å². The standard InChI is InChI=1S/C13H14O2.C2H6/c1-10-6-9-13(15-10)11-4-3-5-12(14-2)8-7-11;1-2/h3-4,6-9H,5H2,1-2H3;1-2H3. The van der Waals surface area contributed by atoms with Crippen molar-refractivity contribution in [1.82, 2.24) is 0 Å². The molecule has 1 aliphatic rings. The van der Waals surface area contributed by atoms with Crippen LogP contribution in [0.15, 0.2) is 46.6 Å². The van der Waals surface area contributed by atoms with E-state index in [9.17, 15) is 0 Å². The van der Waals surface area contributed by atoms with Crippen LogP contribution < -0.4 is 0 Å². The molecule has 0 saturated carbocycles. The van der Waals surface area contributed by atoms with Crippen molar-refractivity contribution in [2.45, 2.75) is 27.2 Å². The number of ether oxygens (including phenoxy) is 1. The van der Waals surface area contributed by atoms with Gasteiger partial charge in [-0.25, -0.2) is 0 Å². The SMILES string of the molecule is CC.COC1=CC=C(c2ccc(C)o2)C=CC1. The van der Waals surface area contributed by atoms with Crippen molar-refractivity contribution in [3.05, 3.63) is 53.7 Å². The molecular formula is C15H20O2. The lowest BCUT2D eigenvalue weighted by molar-refractivity contribution is 0.285. The van der Waals surface area contributed by atoms with Gasteiger partial charge in [-0.2, -0.15) is 0 Å². The normalized spacial score (nSPS) is 14.1. The number of rotatable bonds is 2. The highest BCUT2D eigenvalue weighted by molar-refractivity contribution is 5.72. The molecule has 0 amide bonds. The van der Waals surface area contributed by atoms with Gasteiger partial charge >= 0.3 is 0 Å². The largest absolute Gasteiger partial charge is 0.501 e. The quantitative estimate of drug-likeness (QED) is 0.749. The highest BCUT2D eigenvalue weighted by Gasteiger charge is 2.04. The Morgan fingerprint density at radius 3 is 2.53 bits per heavy atom. The van der Waals surface area contributed by atoms with Crippen LogP contribution in [-0.4, -0.2) is 7.11 Å². The van der Waals surface area contributed by atoms with Gasteiger partial charge in [0.15, 0.2) is 0 Å². The second-order valence-corrected chi connectivity index (χ2v) is 3.48. The maximum absolute atomic E-state index is 5.56. The molecule has 0 saturated heterocycles. The first-order chi connectivity index (χ1) is 8.29. The monoisotopic (exact) mass is 232 g/mol. The molecule has 0 unspecified atom stereocenters. The minimum Gasteiger partial charge on any atom is -0.501 e. The van der Waals surface area contributed by atoms with E-state index in [1.807, 2.05) is 45.1 Å². The summed E-state index contributed by atoms with van der Waals surface area (Å²) in [5, 5.41) is 0. The Morgan fingerprint density at radius 2 is 1.94 bits per heavy atom. The topological polar surface area (TPSA) is 22.4 Å². The van der Waals surface area contributed by atoms with Crippen molar-refractivity contribution < 1.29 is 9.15 Å². The van der Waals surface area contributed by atoms with Crippen molar-refractivity contribution in [2.24, 2.45) is 0 Å². The molecule has 1 aromatic rings. The van der Waals surface area contributed by atoms with Gasteiger partial charge in [-0.3, -0.25) is 0 Å². The smallest absolute Gasteiger partial charge is 0.134 e. The van der Waals surface area contributed by atoms with Crippen molar-refractivity contribution >= 4 is 5.57 Å². The number of furan rings is 1. The fourth-order valence-corrected chi connectivity index (χ4v) is 1.51. The molecule has 0 bridgehead atoms. The average molecular weight is 232 g/mol. The zero-order valence-electron chi connectivity index (χ0n) is 11.0. The Hall–Kier alpha value is -1.70. The van der Waals surface area contributed by atoms with Crippen molar-refractivity contribution in [3.63, 3.8) is 0 Å². The van der Waals surface area contributed by atoms with Crippen LogP contribution in [0.5, 0.6) is 0 Å². The summed E-state index contributed by atoms with van der Waals surface area (Å²) >= 11 is 0. The molecule has 0 spiro atoms. The van der Waals surface area contributed by atoms with Gasteiger partial charge in [0.25, 0.3) is 0 Å². The lowest BCUT2D eigenvalue weighted by atomic mass is 10.2. The Balaban J connectivity index is 0.000000686. The van der Waals surface area contributed by atoms with Crippen LogP contribution in [0.2, 0.25) is 0 Å². The van der Waals surface area contributed by atoms with Gasteiger partial charge in [0.1, 0.15) is 11.5 Å². The van der Waals surface area contributed by atoms with Gasteiger partial charge in [-0.15, -0.1) is 0 Å². The second kappa shape index (κ2) is 6.79. The Morgan fingerprint density at radius 1 is 1.18 bits per heavy atom. The molecule has 2 heteroatoms. The molecule has 2 nitrogen and oxygen atoms in total. The zero-order chi connectivity index (χ0) is 12.7. The first-order valence-corrected chi connectivity index (χ1v) is 5.98. The average Bonchev–Trinajstić information content (AvgIpc) is 2.67. The van der Waals surface area contributed by atoms with E-state index in [2.05, 4.69) is 12.2 Å². The first-order valence-electron chi connectivity index (χ1n) is 5.98. The second-order valence-electron chi connectivity index (χ2n) is 3.48. The van der Waals surface area contributed by atoms with Gasteiger partial charge < -0.3 is 9.15 Å². The summed E-state index contributed by atoms with van der Waals surface area (Å²) in [6.07, 6.45) is 8.96. The predicted molar refractivity (Wildman–Crippen MR) is 71.6 cm³/mol. The predicted octanol–water partition coefficient (Wildman–Crippen LogP) is 4.49. The third-order valence-corrected chi connectivity index (χ3v) is 2.35. The lowest BCUT2D eigenvalue weighted by Crippen LogP contribution is -1.81. The maximum Gasteiger partial charge on any atom is 0.134 e. The van der Waals surface area contributed by atoms with Crippen LogP contribution >= 0.6 is 0 Å². The number of methoxy groups -OCH3 is 1. The number of hydrogen-bond donors (Lipinski definition) is 0. The summed E-state index contributed by atoms with van der Waals surface area (Å²) in [6.45, 7) is 5.95. The molecule has 0 atom stereocenters. The van der Waals surface area contributed by atoms with Crippen LogP contribution in [-0.2, 0) is 4.74 Å². The van der Waals surface area contributed by atoms with Gasteiger partial charge in [-0.1, -0.05) is 26.0 Å². The van der Waals surface area contributed by atoms with Crippen LogP contribution in [0.4, 0.5) is 0 Å². The molecular weight excluding hydrogens is 212 g/mol. The minimum absolute atomic E-state index is 0.830. The van der Waals surface area contributed by atoms with E-state index in [0.717, 1.165) is 29.3 Å². The Labute approximate surface area is 103 Å². The molecule has 2 rings (SSSR count). The van der Waals surface area contributed by atoms with Crippen molar-refractivity contribution in [3.8, 4) is 0 Å². The van der Waals surface area contributed by atoms with Crippen LogP contribution in [0.1, 0.15) is 31.8 Å². The molecule has 0 aliphatic heterocycles. The van der Waals surface area contributed by atoms with E-state index >= 15 is 0 Å². The summed E-state index contributed by atoms with van der Waals surface area (Å²) in [5.74, 6) is 2.79. The fourth-order valence-electron chi connectivity index (χ4n) is 1.51. The molecule has 0 aromatic carbocycles. The van der Waals surface area contributed by atoms with E-state index in [1.165, 1.54) is 0 Å². The summed E-state index contributed by atoms with van der Waals surface area (Å²) in [7, 11) is 1.69. The number of aryl methyl sites for hydroxylation is 1. The van der Waals surface area contributed by atoms with E-state index in [1.54, 1.807) is 7.11 Å². The van der Waals surface area contributed by atoms with Crippen LogP contribution in [0.25, 0.3) is 5.57 Å². The molecule has 92 valence electrons. The molecule has 0 fully saturated rings. The van der Waals surface area contributed by atoms with E-state index in [4.69, 9.17) is 9.15 Å². The Kier molecular flexibility index (Phi) is 5.34. The van der Waals surface area contributed by atoms with E-state index in [0.29, 0.717) is 0 Å². The fraction of sp³-hybridized carbons (Fsp3) is 0.333. The maximum atomic E-state index is 5.56. The first kappa shape index (κ1) is 13.4. The van der Waals surface area contributed by atoms with E-state index < -0.39 is 0 Å². The summed E-state index contributed by atoms with van der Waals surface area (Å²) in [5.41, 5.74) is 1.08. The van der Waals surface area contributed by atoms with Crippen molar-refractivity contribution in [1.29, 1.82) is 0 Å². The molecule has 1 aromatic heterocycles. The van der Waals surface area contributed by atoms with E-state index in [-0.39, 0.29) is 0 Å². The number of hydrogen-bond acceptors (Lipinski definition) is 2.